The SMILES string of the molecule is CCC1Cc2cc(NC(=O)C3(c4ccc(O)c(O)c4)CC3)ccc2N1C[C@H](O)CO. The number of benzene rings is 2. The van der Waals surface area contributed by atoms with Gasteiger partial charge in [-0.2, -0.15) is 0 Å². The van der Waals surface area contributed by atoms with Crippen LogP contribution in [0, 0.1) is 0 Å². The van der Waals surface area contributed by atoms with Gasteiger partial charge in [-0.15, -0.1) is 0 Å². The van der Waals surface area contributed by atoms with Crippen LogP contribution in [-0.2, 0) is 16.6 Å². The highest BCUT2D eigenvalue weighted by atomic mass is 16.3. The molecule has 0 spiro atoms. The molecule has 1 heterocycles. The van der Waals surface area contributed by atoms with Crippen LogP contribution in [0.15, 0.2) is 36.4 Å². The van der Waals surface area contributed by atoms with Gasteiger partial charge in [0.25, 0.3) is 0 Å². The second-order valence-corrected chi connectivity index (χ2v) is 8.34. The second-order valence-electron chi connectivity index (χ2n) is 8.34. The minimum absolute atomic E-state index is 0.120. The van der Waals surface area contributed by atoms with Crippen molar-refractivity contribution in [2.75, 3.05) is 23.4 Å². The fourth-order valence-electron chi connectivity index (χ4n) is 4.41. The van der Waals surface area contributed by atoms with Gasteiger partial charge in [0, 0.05) is 24.0 Å². The molecule has 7 nitrogen and oxygen atoms in total. The molecule has 7 heteroatoms. The Hall–Kier alpha value is -2.77. The van der Waals surface area contributed by atoms with Gasteiger partial charge in [-0.1, -0.05) is 13.0 Å². The second kappa shape index (κ2) is 7.81. The number of nitrogens with zero attached hydrogens (tertiary/aromatic N) is 1. The van der Waals surface area contributed by atoms with Gasteiger partial charge in [-0.3, -0.25) is 4.79 Å². The van der Waals surface area contributed by atoms with Crippen LogP contribution in [0.4, 0.5) is 11.4 Å². The van der Waals surface area contributed by atoms with Crippen LogP contribution < -0.4 is 10.2 Å². The number of phenols is 2. The maximum atomic E-state index is 13.0. The quantitative estimate of drug-likeness (QED) is 0.446. The summed E-state index contributed by atoms with van der Waals surface area (Å²) in [6.45, 7) is 2.20. The molecule has 4 rings (SSSR count). The summed E-state index contributed by atoms with van der Waals surface area (Å²) in [5, 5.41) is 41.5. The van der Waals surface area contributed by atoms with Crippen molar-refractivity contribution in [3.05, 3.63) is 47.5 Å². The van der Waals surface area contributed by atoms with E-state index >= 15 is 0 Å². The van der Waals surface area contributed by atoms with E-state index in [9.17, 15) is 25.2 Å². The number of carbonyl (C=O) groups is 1. The predicted octanol–water partition coefficient (Wildman–Crippen LogP) is 2.26. The molecule has 0 saturated heterocycles. The summed E-state index contributed by atoms with van der Waals surface area (Å²) in [6.07, 6.45) is 2.34. The van der Waals surface area contributed by atoms with Gasteiger partial charge in [-0.05, 0) is 67.1 Å². The number of aliphatic hydroxyl groups excluding tert-OH is 2. The average molecular weight is 412 g/mol. The molecule has 1 amide bonds. The number of nitrogens with one attached hydrogen (secondary N) is 1. The molecule has 5 N–H and O–H groups in total. The topological polar surface area (TPSA) is 113 Å². The molecule has 2 aromatic rings. The summed E-state index contributed by atoms with van der Waals surface area (Å²) in [5.74, 6) is -0.542. The summed E-state index contributed by atoms with van der Waals surface area (Å²) in [5.41, 5.74) is 2.88. The maximum absolute atomic E-state index is 13.0. The first-order chi connectivity index (χ1) is 14.4. The van der Waals surface area contributed by atoms with Crippen LogP contribution >= 0.6 is 0 Å². The molecule has 1 unspecified atom stereocenters. The van der Waals surface area contributed by atoms with Gasteiger partial charge in [0.15, 0.2) is 11.5 Å². The Morgan fingerprint density at radius 3 is 2.60 bits per heavy atom. The number of rotatable bonds is 7. The monoisotopic (exact) mass is 412 g/mol. The van der Waals surface area contributed by atoms with Gasteiger partial charge in [0.1, 0.15) is 0 Å². The lowest BCUT2D eigenvalue weighted by molar-refractivity contribution is -0.118. The first-order valence-corrected chi connectivity index (χ1v) is 10.4. The summed E-state index contributed by atoms with van der Waals surface area (Å²) in [4.78, 5) is 15.2. The lowest BCUT2D eigenvalue weighted by Gasteiger charge is -2.28. The van der Waals surface area contributed by atoms with E-state index in [4.69, 9.17) is 0 Å². The Labute approximate surface area is 175 Å². The number of phenolic OH excluding ortho intramolecular Hbond substituents is 2. The molecule has 160 valence electrons. The fourth-order valence-corrected chi connectivity index (χ4v) is 4.41. The van der Waals surface area contributed by atoms with Crippen LogP contribution in [0.2, 0.25) is 0 Å². The summed E-state index contributed by atoms with van der Waals surface area (Å²) in [7, 11) is 0. The van der Waals surface area contributed by atoms with Crippen molar-refractivity contribution in [1.82, 2.24) is 0 Å². The maximum Gasteiger partial charge on any atom is 0.235 e. The number of carbonyl (C=O) groups excluding carboxylic acids is 1. The van der Waals surface area contributed by atoms with E-state index < -0.39 is 11.5 Å². The van der Waals surface area contributed by atoms with Crippen molar-refractivity contribution in [3.8, 4) is 11.5 Å². The molecule has 0 bridgehead atoms. The van der Waals surface area contributed by atoms with Crippen LogP contribution in [-0.4, -0.2) is 51.6 Å². The largest absolute Gasteiger partial charge is 0.504 e. The van der Waals surface area contributed by atoms with E-state index in [0.717, 1.165) is 24.1 Å². The predicted molar refractivity (Wildman–Crippen MR) is 114 cm³/mol. The van der Waals surface area contributed by atoms with Gasteiger partial charge >= 0.3 is 0 Å². The molecule has 1 saturated carbocycles. The Bertz CT molecular complexity index is 957. The van der Waals surface area contributed by atoms with Crippen LogP contribution in [0.1, 0.15) is 37.3 Å². The van der Waals surface area contributed by atoms with Crippen LogP contribution in [0.5, 0.6) is 11.5 Å². The number of amides is 1. The number of β-amino-alcohol motifs (C(OH)–C–C–N with tert-alkyl or cyclic N) is 1. The minimum Gasteiger partial charge on any atom is -0.504 e. The highest BCUT2D eigenvalue weighted by Gasteiger charge is 2.51. The van der Waals surface area contributed by atoms with Gasteiger partial charge in [0.05, 0.1) is 18.1 Å². The average Bonchev–Trinajstić information content (AvgIpc) is 3.48. The molecule has 2 aliphatic rings. The lowest BCUT2D eigenvalue weighted by Crippen LogP contribution is -2.39. The number of aliphatic hydroxyl groups is 2. The van der Waals surface area contributed by atoms with Crippen molar-refractivity contribution in [2.24, 2.45) is 0 Å². The molecule has 0 aromatic heterocycles. The van der Waals surface area contributed by atoms with E-state index in [1.54, 1.807) is 6.07 Å². The van der Waals surface area contributed by atoms with Crippen molar-refractivity contribution < 1.29 is 25.2 Å². The Kier molecular flexibility index (Phi) is 5.34. The van der Waals surface area contributed by atoms with E-state index in [1.807, 2.05) is 18.2 Å². The third-order valence-electron chi connectivity index (χ3n) is 6.35. The van der Waals surface area contributed by atoms with Crippen molar-refractivity contribution >= 4 is 17.3 Å². The zero-order valence-corrected chi connectivity index (χ0v) is 17.0. The molecule has 1 aliphatic heterocycles. The van der Waals surface area contributed by atoms with Gasteiger partial charge in [-0.25, -0.2) is 0 Å². The third kappa shape index (κ3) is 3.59. The van der Waals surface area contributed by atoms with Gasteiger partial charge < -0.3 is 30.6 Å². The molecular weight excluding hydrogens is 384 g/mol. The molecule has 1 fully saturated rings. The zero-order chi connectivity index (χ0) is 21.5. The molecule has 2 atom stereocenters. The van der Waals surface area contributed by atoms with E-state index in [2.05, 4.69) is 17.1 Å². The standard InChI is InChI=1S/C23H28N2O5/c1-2-17-10-14-9-16(4-5-19(14)25(17)12-18(27)13-26)24-22(30)23(7-8-23)15-3-6-20(28)21(29)11-15/h3-6,9,11,17-18,26-29H,2,7-8,10,12-13H2,1H3,(H,24,30)/t17?,18-/m0/s1. The van der Waals surface area contributed by atoms with E-state index in [0.29, 0.717) is 30.6 Å². The van der Waals surface area contributed by atoms with E-state index in [1.165, 1.54) is 12.1 Å². The highest BCUT2D eigenvalue weighted by Crippen LogP contribution is 2.50. The first kappa shape index (κ1) is 20.5. The highest BCUT2D eigenvalue weighted by molar-refractivity contribution is 6.01. The number of aromatic hydroxyl groups is 2. The Morgan fingerprint density at radius 1 is 1.20 bits per heavy atom. The van der Waals surface area contributed by atoms with Crippen molar-refractivity contribution in [2.45, 2.75) is 50.2 Å². The zero-order valence-electron chi connectivity index (χ0n) is 17.0. The first-order valence-electron chi connectivity index (χ1n) is 10.4. The number of hydrogen-bond donors (Lipinski definition) is 5. The normalized spacial score (nSPS) is 20.0. The summed E-state index contributed by atoms with van der Waals surface area (Å²) < 4.78 is 0. The molecule has 2 aromatic carbocycles. The lowest BCUT2D eigenvalue weighted by atomic mass is 9.94. The molecule has 0 radical (unpaired) electrons. The molecular formula is C23H28N2O5. The van der Waals surface area contributed by atoms with Crippen molar-refractivity contribution in [3.63, 3.8) is 0 Å². The number of anilines is 2. The minimum atomic E-state index is -0.791. The smallest absolute Gasteiger partial charge is 0.235 e. The van der Waals surface area contributed by atoms with E-state index in [-0.39, 0.29) is 30.1 Å². The molecule has 1 aliphatic carbocycles. The summed E-state index contributed by atoms with van der Waals surface area (Å²) in [6, 6.07) is 10.6. The fraction of sp³-hybridized carbons (Fsp3) is 0.435. The van der Waals surface area contributed by atoms with Gasteiger partial charge in [0.2, 0.25) is 5.91 Å². The Balaban J connectivity index is 1.52. The van der Waals surface area contributed by atoms with Crippen LogP contribution in [0.3, 0.4) is 0 Å². The summed E-state index contributed by atoms with van der Waals surface area (Å²) >= 11 is 0. The van der Waals surface area contributed by atoms with Crippen molar-refractivity contribution in [1.29, 1.82) is 0 Å². The Morgan fingerprint density at radius 2 is 1.97 bits per heavy atom. The third-order valence-corrected chi connectivity index (χ3v) is 6.35. The number of hydrogen-bond acceptors (Lipinski definition) is 6. The molecule has 30 heavy (non-hydrogen) atoms. The van der Waals surface area contributed by atoms with Crippen LogP contribution in [0.25, 0.3) is 0 Å². The number of fused-ring (bicyclic) bond motifs is 1.